The summed E-state index contributed by atoms with van der Waals surface area (Å²) in [4.78, 5) is 0. The number of nitrogens with two attached hydrogens (primary N) is 2. The highest BCUT2D eigenvalue weighted by molar-refractivity contribution is 7.07. The Hall–Kier alpha value is -0.380. The van der Waals surface area contributed by atoms with Crippen LogP contribution in [0.4, 0.5) is 0 Å². The molecule has 0 amide bonds. The van der Waals surface area contributed by atoms with Crippen LogP contribution in [-0.2, 0) is 6.42 Å². The molecule has 1 rings (SSSR count). The van der Waals surface area contributed by atoms with Crippen molar-refractivity contribution >= 4 is 11.3 Å². The third-order valence-electron chi connectivity index (χ3n) is 2.06. The van der Waals surface area contributed by atoms with Gasteiger partial charge in [-0.05, 0) is 48.6 Å². The number of thiophene rings is 1. The van der Waals surface area contributed by atoms with E-state index < -0.39 is 0 Å². The van der Waals surface area contributed by atoms with Crippen molar-refractivity contribution in [3.8, 4) is 0 Å². The lowest BCUT2D eigenvalue weighted by Gasteiger charge is -2.12. The molecule has 0 radical (unpaired) electrons. The van der Waals surface area contributed by atoms with Gasteiger partial charge in [0.1, 0.15) is 0 Å². The summed E-state index contributed by atoms with van der Waals surface area (Å²) in [6, 6.07) is 2.63. The standard InChI is InChI=1S/C10H18N2S/c1-8(11)6-10(12)3-2-9-4-5-13-7-9/h4-5,7-8,10H,2-3,6,11-12H2,1H3/t8-,10?/m1/s1. The van der Waals surface area contributed by atoms with Crippen LogP contribution in [-0.4, -0.2) is 12.1 Å². The van der Waals surface area contributed by atoms with E-state index in [0.29, 0.717) is 0 Å². The molecule has 0 saturated heterocycles. The molecule has 0 bridgehead atoms. The van der Waals surface area contributed by atoms with Crippen LogP contribution in [0.3, 0.4) is 0 Å². The van der Waals surface area contributed by atoms with Crippen molar-refractivity contribution in [1.29, 1.82) is 0 Å². The molecule has 4 N–H and O–H groups in total. The summed E-state index contributed by atoms with van der Waals surface area (Å²) in [5.41, 5.74) is 13.0. The summed E-state index contributed by atoms with van der Waals surface area (Å²) in [5, 5.41) is 4.28. The van der Waals surface area contributed by atoms with Crippen molar-refractivity contribution in [3.63, 3.8) is 0 Å². The van der Waals surface area contributed by atoms with Gasteiger partial charge in [0.25, 0.3) is 0 Å². The molecule has 1 unspecified atom stereocenters. The Labute approximate surface area is 83.9 Å². The molecule has 3 heteroatoms. The molecule has 1 heterocycles. The maximum absolute atomic E-state index is 5.91. The lowest BCUT2D eigenvalue weighted by molar-refractivity contribution is 0.517. The lowest BCUT2D eigenvalue weighted by Crippen LogP contribution is -2.29. The Kier molecular flexibility index (Phi) is 4.42. The van der Waals surface area contributed by atoms with E-state index in [1.165, 1.54) is 5.56 Å². The summed E-state index contributed by atoms with van der Waals surface area (Å²) in [5.74, 6) is 0. The van der Waals surface area contributed by atoms with Gasteiger partial charge in [-0.3, -0.25) is 0 Å². The van der Waals surface area contributed by atoms with Crippen LogP contribution >= 0.6 is 11.3 Å². The third kappa shape index (κ3) is 4.41. The molecular weight excluding hydrogens is 180 g/mol. The Bertz CT molecular complexity index is 219. The number of hydrogen-bond acceptors (Lipinski definition) is 3. The smallest absolute Gasteiger partial charge is 0.00566 e. The summed E-state index contributed by atoms with van der Waals surface area (Å²) in [6.45, 7) is 2.00. The second kappa shape index (κ2) is 5.37. The minimum Gasteiger partial charge on any atom is -0.328 e. The van der Waals surface area contributed by atoms with E-state index in [9.17, 15) is 0 Å². The van der Waals surface area contributed by atoms with E-state index in [1.807, 2.05) is 6.92 Å². The Morgan fingerprint density at radius 3 is 2.77 bits per heavy atom. The molecule has 0 aliphatic heterocycles. The second-order valence-corrected chi connectivity index (χ2v) is 4.42. The predicted molar refractivity (Wildman–Crippen MR) is 58.9 cm³/mol. The monoisotopic (exact) mass is 198 g/mol. The largest absolute Gasteiger partial charge is 0.328 e. The van der Waals surface area contributed by atoms with Gasteiger partial charge in [0, 0.05) is 12.1 Å². The van der Waals surface area contributed by atoms with Crippen LogP contribution in [0.25, 0.3) is 0 Å². The fourth-order valence-corrected chi connectivity index (χ4v) is 2.09. The SMILES string of the molecule is C[C@@H](N)CC(N)CCc1ccsc1. The number of hydrogen-bond donors (Lipinski definition) is 2. The molecule has 0 aliphatic rings. The highest BCUT2D eigenvalue weighted by atomic mass is 32.1. The molecule has 0 aliphatic carbocycles. The van der Waals surface area contributed by atoms with Gasteiger partial charge < -0.3 is 11.5 Å². The molecule has 0 saturated carbocycles. The second-order valence-electron chi connectivity index (χ2n) is 3.64. The Morgan fingerprint density at radius 1 is 1.46 bits per heavy atom. The first kappa shape index (κ1) is 10.7. The first-order chi connectivity index (χ1) is 6.18. The van der Waals surface area contributed by atoms with E-state index in [4.69, 9.17) is 11.5 Å². The molecule has 2 nitrogen and oxygen atoms in total. The summed E-state index contributed by atoms with van der Waals surface area (Å²) < 4.78 is 0. The summed E-state index contributed by atoms with van der Waals surface area (Å²) >= 11 is 1.74. The quantitative estimate of drug-likeness (QED) is 0.757. The molecule has 0 spiro atoms. The van der Waals surface area contributed by atoms with Gasteiger partial charge in [-0.1, -0.05) is 0 Å². The number of aryl methyl sites for hydroxylation is 1. The zero-order chi connectivity index (χ0) is 9.68. The van der Waals surface area contributed by atoms with Gasteiger partial charge in [0.2, 0.25) is 0 Å². The van der Waals surface area contributed by atoms with Gasteiger partial charge >= 0.3 is 0 Å². The fourth-order valence-electron chi connectivity index (χ4n) is 1.38. The van der Waals surface area contributed by atoms with Crippen LogP contribution < -0.4 is 11.5 Å². The minimum atomic E-state index is 0.220. The zero-order valence-electron chi connectivity index (χ0n) is 8.07. The average Bonchev–Trinajstić information content (AvgIpc) is 2.51. The topological polar surface area (TPSA) is 52.0 Å². The van der Waals surface area contributed by atoms with Crippen molar-refractivity contribution in [2.45, 2.75) is 38.3 Å². The molecule has 0 aromatic carbocycles. The van der Waals surface area contributed by atoms with Crippen LogP contribution in [0.1, 0.15) is 25.3 Å². The van der Waals surface area contributed by atoms with Crippen molar-refractivity contribution < 1.29 is 0 Å². The van der Waals surface area contributed by atoms with E-state index in [-0.39, 0.29) is 12.1 Å². The highest BCUT2D eigenvalue weighted by Gasteiger charge is 2.05. The molecule has 74 valence electrons. The van der Waals surface area contributed by atoms with Crippen molar-refractivity contribution in [2.75, 3.05) is 0 Å². The molecule has 1 aromatic heterocycles. The van der Waals surface area contributed by atoms with E-state index in [0.717, 1.165) is 19.3 Å². The summed E-state index contributed by atoms with van der Waals surface area (Å²) in [7, 11) is 0. The van der Waals surface area contributed by atoms with Crippen LogP contribution in [0.2, 0.25) is 0 Å². The molecule has 13 heavy (non-hydrogen) atoms. The maximum Gasteiger partial charge on any atom is 0.00566 e. The lowest BCUT2D eigenvalue weighted by atomic mass is 10.0. The Balaban J connectivity index is 2.19. The van der Waals surface area contributed by atoms with Gasteiger partial charge in [-0.25, -0.2) is 0 Å². The van der Waals surface area contributed by atoms with Crippen LogP contribution in [0.5, 0.6) is 0 Å². The molecule has 0 fully saturated rings. The van der Waals surface area contributed by atoms with E-state index >= 15 is 0 Å². The third-order valence-corrected chi connectivity index (χ3v) is 2.79. The van der Waals surface area contributed by atoms with E-state index in [2.05, 4.69) is 16.8 Å². The first-order valence-corrected chi connectivity index (χ1v) is 5.65. The van der Waals surface area contributed by atoms with Gasteiger partial charge in [0.05, 0.1) is 0 Å². The van der Waals surface area contributed by atoms with Gasteiger partial charge in [0.15, 0.2) is 0 Å². The fraction of sp³-hybridized carbons (Fsp3) is 0.600. The Morgan fingerprint density at radius 2 is 2.23 bits per heavy atom. The van der Waals surface area contributed by atoms with Crippen LogP contribution in [0, 0.1) is 0 Å². The predicted octanol–water partition coefficient (Wildman–Crippen LogP) is 1.75. The molecule has 1 aromatic rings. The number of rotatable bonds is 5. The highest BCUT2D eigenvalue weighted by Crippen LogP contribution is 2.10. The minimum absolute atomic E-state index is 0.220. The van der Waals surface area contributed by atoms with Crippen LogP contribution in [0.15, 0.2) is 16.8 Å². The normalized spacial score (nSPS) is 15.6. The zero-order valence-corrected chi connectivity index (χ0v) is 8.89. The van der Waals surface area contributed by atoms with Gasteiger partial charge in [-0.15, -0.1) is 0 Å². The van der Waals surface area contributed by atoms with Gasteiger partial charge in [-0.2, -0.15) is 11.3 Å². The molecular formula is C10H18N2S. The molecule has 2 atom stereocenters. The first-order valence-electron chi connectivity index (χ1n) is 4.70. The summed E-state index contributed by atoms with van der Waals surface area (Å²) in [6.07, 6.45) is 3.04. The average molecular weight is 198 g/mol. The van der Waals surface area contributed by atoms with Crippen molar-refractivity contribution in [3.05, 3.63) is 22.4 Å². The van der Waals surface area contributed by atoms with Crippen molar-refractivity contribution in [1.82, 2.24) is 0 Å². The van der Waals surface area contributed by atoms with E-state index in [1.54, 1.807) is 11.3 Å². The maximum atomic E-state index is 5.91. The van der Waals surface area contributed by atoms with Crippen molar-refractivity contribution in [2.24, 2.45) is 11.5 Å².